The van der Waals surface area contributed by atoms with Gasteiger partial charge in [0.1, 0.15) is 0 Å². The van der Waals surface area contributed by atoms with Crippen molar-refractivity contribution in [2.24, 2.45) is 5.41 Å². The van der Waals surface area contributed by atoms with Crippen molar-refractivity contribution in [3.63, 3.8) is 0 Å². The average Bonchev–Trinajstić information content (AvgIpc) is 2.36. The van der Waals surface area contributed by atoms with E-state index in [-0.39, 0.29) is 10.8 Å². The SMILES string of the molecule is CC1(C)Cc2cc(C(C)(C)C)ccc2C1=O. The summed E-state index contributed by atoms with van der Waals surface area (Å²) >= 11 is 0. The van der Waals surface area contributed by atoms with Crippen LogP contribution in [0.25, 0.3) is 0 Å². The van der Waals surface area contributed by atoms with Crippen LogP contribution in [0.5, 0.6) is 0 Å². The molecule has 1 heteroatoms. The van der Waals surface area contributed by atoms with Crippen molar-refractivity contribution in [2.45, 2.75) is 46.5 Å². The Labute approximate surface area is 97.9 Å². The monoisotopic (exact) mass is 216 g/mol. The Morgan fingerprint density at radius 1 is 1.19 bits per heavy atom. The zero-order valence-electron chi connectivity index (χ0n) is 10.8. The van der Waals surface area contributed by atoms with Gasteiger partial charge in [0.15, 0.2) is 5.78 Å². The van der Waals surface area contributed by atoms with Gasteiger partial charge >= 0.3 is 0 Å². The lowest BCUT2D eigenvalue weighted by molar-refractivity contribution is 0.0863. The first kappa shape index (κ1) is 11.4. The summed E-state index contributed by atoms with van der Waals surface area (Å²) in [5.74, 6) is 0.294. The molecule has 0 spiro atoms. The second kappa shape index (κ2) is 3.19. The van der Waals surface area contributed by atoms with Gasteiger partial charge in [-0.3, -0.25) is 4.79 Å². The second-order valence-electron chi connectivity index (χ2n) is 6.51. The van der Waals surface area contributed by atoms with Gasteiger partial charge < -0.3 is 0 Å². The Morgan fingerprint density at radius 2 is 1.81 bits per heavy atom. The molecule has 0 saturated carbocycles. The lowest BCUT2D eigenvalue weighted by Gasteiger charge is -2.19. The van der Waals surface area contributed by atoms with Gasteiger partial charge in [0.05, 0.1) is 0 Å². The van der Waals surface area contributed by atoms with Crippen LogP contribution in [0, 0.1) is 5.41 Å². The molecule has 0 aromatic heterocycles. The van der Waals surface area contributed by atoms with E-state index in [1.807, 2.05) is 19.9 Å². The minimum absolute atomic E-state index is 0.158. The van der Waals surface area contributed by atoms with Crippen molar-refractivity contribution in [2.75, 3.05) is 0 Å². The predicted molar refractivity (Wildman–Crippen MR) is 67.0 cm³/mol. The minimum Gasteiger partial charge on any atom is -0.294 e. The standard InChI is InChI=1S/C15H20O/c1-14(2,3)11-6-7-12-10(8-11)9-15(4,5)13(12)16/h6-8H,9H2,1-5H3. The fraction of sp³-hybridized carbons (Fsp3) is 0.533. The summed E-state index contributed by atoms with van der Waals surface area (Å²) in [6.45, 7) is 10.7. The Kier molecular flexibility index (Phi) is 2.27. The van der Waals surface area contributed by atoms with Crippen LogP contribution < -0.4 is 0 Å². The van der Waals surface area contributed by atoms with E-state index < -0.39 is 0 Å². The van der Waals surface area contributed by atoms with Crippen molar-refractivity contribution in [1.29, 1.82) is 0 Å². The number of benzene rings is 1. The molecule has 0 atom stereocenters. The summed E-state index contributed by atoms with van der Waals surface area (Å²) < 4.78 is 0. The number of Topliss-reactive ketones (excluding diaryl/α,β-unsaturated/α-hetero) is 1. The second-order valence-corrected chi connectivity index (χ2v) is 6.51. The summed E-state index contributed by atoms with van der Waals surface area (Å²) in [6, 6.07) is 6.31. The fourth-order valence-electron chi connectivity index (χ4n) is 2.35. The molecule has 0 amide bonds. The number of ketones is 1. The fourth-order valence-corrected chi connectivity index (χ4v) is 2.35. The first-order valence-electron chi connectivity index (χ1n) is 5.90. The van der Waals surface area contributed by atoms with Gasteiger partial charge in [-0.15, -0.1) is 0 Å². The highest BCUT2D eigenvalue weighted by molar-refractivity contribution is 6.04. The molecule has 0 saturated heterocycles. The largest absolute Gasteiger partial charge is 0.294 e. The molecule has 0 heterocycles. The molecule has 0 aliphatic heterocycles. The molecular formula is C15H20O. The molecule has 0 bridgehead atoms. The number of fused-ring (bicyclic) bond motifs is 1. The first-order chi connectivity index (χ1) is 7.22. The summed E-state index contributed by atoms with van der Waals surface area (Å²) in [4.78, 5) is 12.1. The molecule has 0 unspecified atom stereocenters. The highest BCUT2D eigenvalue weighted by atomic mass is 16.1. The Morgan fingerprint density at radius 3 is 2.38 bits per heavy atom. The van der Waals surface area contributed by atoms with Gasteiger partial charge in [-0.2, -0.15) is 0 Å². The Bertz CT molecular complexity index is 447. The Hall–Kier alpha value is -1.11. The molecule has 1 aromatic rings. The topological polar surface area (TPSA) is 17.1 Å². The highest BCUT2D eigenvalue weighted by Gasteiger charge is 2.37. The van der Waals surface area contributed by atoms with Crippen LogP contribution in [-0.2, 0) is 11.8 Å². The number of carbonyl (C=O) groups is 1. The lowest BCUT2D eigenvalue weighted by Crippen LogP contribution is -2.18. The number of hydrogen-bond acceptors (Lipinski definition) is 1. The molecule has 1 aliphatic carbocycles. The maximum Gasteiger partial charge on any atom is 0.169 e. The van der Waals surface area contributed by atoms with E-state index in [1.165, 1.54) is 11.1 Å². The van der Waals surface area contributed by atoms with Crippen molar-refractivity contribution in [3.05, 3.63) is 34.9 Å². The Balaban J connectivity index is 2.50. The molecule has 0 radical (unpaired) electrons. The van der Waals surface area contributed by atoms with Crippen molar-refractivity contribution < 1.29 is 4.79 Å². The molecule has 1 aliphatic rings. The van der Waals surface area contributed by atoms with E-state index in [0.29, 0.717) is 5.78 Å². The summed E-state index contributed by atoms with van der Waals surface area (Å²) in [6.07, 6.45) is 0.880. The third-order valence-electron chi connectivity index (χ3n) is 3.46. The van der Waals surface area contributed by atoms with Gasteiger partial charge in [-0.05, 0) is 23.0 Å². The molecule has 2 rings (SSSR count). The quantitative estimate of drug-likeness (QED) is 0.645. The molecule has 0 N–H and O–H groups in total. The van der Waals surface area contributed by atoms with Crippen LogP contribution in [0.2, 0.25) is 0 Å². The summed E-state index contributed by atoms with van der Waals surface area (Å²) in [5, 5.41) is 0. The van der Waals surface area contributed by atoms with Gasteiger partial charge in [-0.1, -0.05) is 52.8 Å². The van der Waals surface area contributed by atoms with Gasteiger partial charge in [-0.25, -0.2) is 0 Å². The molecule has 1 nitrogen and oxygen atoms in total. The highest BCUT2D eigenvalue weighted by Crippen LogP contribution is 2.37. The van der Waals surface area contributed by atoms with Crippen LogP contribution in [0.3, 0.4) is 0 Å². The number of hydrogen-bond donors (Lipinski definition) is 0. The van der Waals surface area contributed by atoms with E-state index in [1.54, 1.807) is 0 Å². The first-order valence-corrected chi connectivity index (χ1v) is 5.90. The minimum atomic E-state index is -0.209. The zero-order chi connectivity index (χ0) is 12.1. The third kappa shape index (κ3) is 1.68. The maximum atomic E-state index is 12.1. The zero-order valence-corrected chi connectivity index (χ0v) is 10.8. The maximum absolute atomic E-state index is 12.1. The van der Waals surface area contributed by atoms with E-state index in [9.17, 15) is 4.79 Å². The van der Waals surface area contributed by atoms with Crippen molar-refractivity contribution in [1.82, 2.24) is 0 Å². The van der Waals surface area contributed by atoms with Crippen LogP contribution in [-0.4, -0.2) is 5.78 Å². The number of carbonyl (C=O) groups excluding carboxylic acids is 1. The summed E-state index contributed by atoms with van der Waals surface area (Å²) in [7, 11) is 0. The van der Waals surface area contributed by atoms with E-state index in [4.69, 9.17) is 0 Å². The lowest BCUT2D eigenvalue weighted by atomic mass is 9.85. The number of rotatable bonds is 0. The molecule has 16 heavy (non-hydrogen) atoms. The van der Waals surface area contributed by atoms with Crippen LogP contribution >= 0.6 is 0 Å². The average molecular weight is 216 g/mol. The van der Waals surface area contributed by atoms with Gasteiger partial charge in [0.2, 0.25) is 0 Å². The predicted octanol–water partition coefficient (Wildman–Crippen LogP) is 3.75. The van der Waals surface area contributed by atoms with Gasteiger partial charge in [0.25, 0.3) is 0 Å². The third-order valence-corrected chi connectivity index (χ3v) is 3.46. The van der Waals surface area contributed by atoms with Crippen LogP contribution in [0.1, 0.15) is 56.1 Å². The summed E-state index contributed by atoms with van der Waals surface area (Å²) in [5.41, 5.74) is 3.42. The van der Waals surface area contributed by atoms with Crippen molar-refractivity contribution in [3.8, 4) is 0 Å². The van der Waals surface area contributed by atoms with Crippen LogP contribution in [0.15, 0.2) is 18.2 Å². The van der Waals surface area contributed by atoms with Crippen LogP contribution in [0.4, 0.5) is 0 Å². The molecule has 1 aromatic carbocycles. The normalized spacial score (nSPS) is 18.7. The van der Waals surface area contributed by atoms with E-state index in [0.717, 1.165) is 12.0 Å². The van der Waals surface area contributed by atoms with E-state index >= 15 is 0 Å². The molecular weight excluding hydrogens is 196 g/mol. The smallest absolute Gasteiger partial charge is 0.169 e. The van der Waals surface area contributed by atoms with Crippen molar-refractivity contribution >= 4 is 5.78 Å². The van der Waals surface area contributed by atoms with E-state index in [2.05, 4.69) is 32.9 Å². The molecule has 86 valence electrons. The molecule has 0 fully saturated rings. The van der Waals surface area contributed by atoms with Gasteiger partial charge in [0, 0.05) is 11.0 Å².